The summed E-state index contributed by atoms with van der Waals surface area (Å²) in [7, 11) is 6.22. The quantitative estimate of drug-likeness (QED) is 0.685. The van der Waals surface area contributed by atoms with Crippen molar-refractivity contribution in [1.82, 2.24) is 9.80 Å². The monoisotopic (exact) mass is 460 g/mol. The molecule has 0 atom stereocenters. The summed E-state index contributed by atoms with van der Waals surface area (Å²) in [6.07, 6.45) is 0. The molecule has 0 saturated heterocycles. The van der Waals surface area contributed by atoms with Gasteiger partial charge in [-0.05, 0) is 78.5 Å². The van der Waals surface area contributed by atoms with Crippen LogP contribution in [0.1, 0.15) is 5.56 Å². The number of halogens is 2. The number of hydrogen-bond donors (Lipinski definition) is 1. The molecule has 1 aromatic rings. The Balaban J connectivity index is 2.68. The lowest BCUT2D eigenvalue weighted by Crippen LogP contribution is -2.28. The summed E-state index contributed by atoms with van der Waals surface area (Å²) in [6, 6.07) is 4.03. The predicted molar refractivity (Wildman–Crippen MR) is 88.4 cm³/mol. The smallest absolute Gasteiger partial charge is 0.133 e. The first-order valence-electron chi connectivity index (χ1n) is 5.40. The summed E-state index contributed by atoms with van der Waals surface area (Å²) in [5.74, 6) is 0.419. The highest BCUT2D eigenvalue weighted by Gasteiger charge is 2.09. The second-order valence-electron chi connectivity index (χ2n) is 4.44. The number of likely N-dealkylation sites (N-methyl/N-ethyl adjacent to an activating group) is 2. The van der Waals surface area contributed by atoms with E-state index in [1.54, 1.807) is 0 Å². The highest BCUT2D eigenvalue weighted by molar-refractivity contribution is 14.1. The van der Waals surface area contributed by atoms with Gasteiger partial charge in [-0.3, -0.25) is 0 Å². The maximum absolute atomic E-state index is 10.0. The number of phenols is 1. The van der Waals surface area contributed by atoms with E-state index < -0.39 is 0 Å². The van der Waals surface area contributed by atoms with Gasteiger partial charge in [0.15, 0.2) is 0 Å². The molecule has 17 heavy (non-hydrogen) atoms. The van der Waals surface area contributed by atoms with Gasteiger partial charge >= 0.3 is 0 Å². The van der Waals surface area contributed by atoms with Crippen LogP contribution >= 0.6 is 45.2 Å². The second-order valence-corrected chi connectivity index (χ2v) is 6.84. The molecule has 1 N–H and O–H groups in total. The number of rotatable bonds is 5. The molecule has 0 spiro atoms. The fraction of sp³-hybridized carbons (Fsp3) is 0.500. The van der Waals surface area contributed by atoms with Crippen LogP contribution in [0.4, 0.5) is 0 Å². The second kappa shape index (κ2) is 7.10. The van der Waals surface area contributed by atoms with Crippen molar-refractivity contribution < 1.29 is 5.11 Å². The van der Waals surface area contributed by atoms with Crippen molar-refractivity contribution in [3.8, 4) is 5.75 Å². The Kier molecular flexibility index (Phi) is 6.46. The molecule has 96 valence electrons. The van der Waals surface area contributed by atoms with Crippen molar-refractivity contribution in [2.75, 3.05) is 34.2 Å². The van der Waals surface area contributed by atoms with Crippen LogP contribution in [0.5, 0.6) is 5.75 Å². The average Bonchev–Trinajstić information content (AvgIpc) is 2.22. The first-order valence-corrected chi connectivity index (χ1v) is 7.56. The van der Waals surface area contributed by atoms with Crippen molar-refractivity contribution >= 4 is 45.2 Å². The molecular weight excluding hydrogens is 442 g/mol. The van der Waals surface area contributed by atoms with Crippen LogP contribution in [0.15, 0.2) is 12.1 Å². The predicted octanol–water partition coefficient (Wildman–Crippen LogP) is 2.59. The molecule has 1 rings (SSSR count). The van der Waals surface area contributed by atoms with Crippen molar-refractivity contribution in [2.45, 2.75) is 6.54 Å². The van der Waals surface area contributed by atoms with E-state index >= 15 is 0 Å². The van der Waals surface area contributed by atoms with E-state index in [0.717, 1.165) is 28.8 Å². The van der Waals surface area contributed by atoms with Crippen LogP contribution in [0.3, 0.4) is 0 Å². The highest BCUT2D eigenvalue weighted by Crippen LogP contribution is 2.27. The minimum absolute atomic E-state index is 0.419. The lowest BCUT2D eigenvalue weighted by atomic mass is 10.2. The van der Waals surface area contributed by atoms with Crippen molar-refractivity contribution in [3.63, 3.8) is 0 Å². The Morgan fingerprint density at radius 2 is 1.76 bits per heavy atom. The third-order valence-electron chi connectivity index (χ3n) is 2.48. The van der Waals surface area contributed by atoms with E-state index in [2.05, 4.69) is 76.1 Å². The molecule has 1 aromatic carbocycles. The maximum atomic E-state index is 10.0. The van der Waals surface area contributed by atoms with Gasteiger partial charge in [0, 0.05) is 28.8 Å². The Morgan fingerprint density at radius 3 is 2.35 bits per heavy atom. The normalized spacial score (nSPS) is 11.5. The highest BCUT2D eigenvalue weighted by atomic mass is 127. The van der Waals surface area contributed by atoms with Crippen molar-refractivity contribution in [1.29, 1.82) is 0 Å². The van der Waals surface area contributed by atoms with Gasteiger partial charge in [-0.2, -0.15) is 0 Å². The first kappa shape index (κ1) is 15.5. The third kappa shape index (κ3) is 5.27. The topological polar surface area (TPSA) is 26.7 Å². The summed E-state index contributed by atoms with van der Waals surface area (Å²) in [6.45, 7) is 2.80. The number of aromatic hydroxyl groups is 1. The molecule has 0 heterocycles. The van der Waals surface area contributed by atoms with Gasteiger partial charge in [0.2, 0.25) is 0 Å². The molecule has 0 fully saturated rings. The lowest BCUT2D eigenvalue weighted by molar-refractivity contribution is 0.273. The number of hydrogen-bond acceptors (Lipinski definition) is 3. The van der Waals surface area contributed by atoms with E-state index in [9.17, 15) is 5.11 Å². The molecule has 0 aliphatic rings. The van der Waals surface area contributed by atoms with Gasteiger partial charge in [-0.1, -0.05) is 0 Å². The van der Waals surface area contributed by atoms with Crippen LogP contribution in [0, 0.1) is 7.14 Å². The SMILES string of the molecule is CN(C)CCN(C)Cc1cc(I)cc(I)c1O. The summed E-state index contributed by atoms with van der Waals surface area (Å²) >= 11 is 4.46. The molecule has 0 saturated carbocycles. The molecule has 0 aliphatic heterocycles. The third-order valence-corrected chi connectivity index (χ3v) is 3.92. The molecule has 3 nitrogen and oxygen atoms in total. The van der Waals surface area contributed by atoms with E-state index in [1.165, 1.54) is 3.57 Å². The fourth-order valence-corrected chi connectivity index (χ4v) is 3.45. The fourth-order valence-electron chi connectivity index (χ4n) is 1.48. The van der Waals surface area contributed by atoms with Gasteiger partial charge in [-0.25, -0.2) is 0 Å². The summed E-state index contributed by atoms with van der Waals surface area (Å²) in [5.41, 5.74) is 1.00. The minimum atomic E-state index is 0.419. The van der Waals surface area contributed by atoms with Gasteiger partial charge < -0.3 is 14.9 Å². The van der Waals surface area contributed by atoms with Gasteiger partial charge in [0.1, 0.15) is 5.75 Å². The minimum Gasteiger partial charge on any atom is -0.507 e. The van der Waals surface area contributed by atoms with Crippen molar-refractivity contribution in [2.24, 2.45) is 0 Å². The van der Waals surface area contributed by atoms with Crippen LogP contribution in [0.2, 0.25) is 0 Å². The van der Waals surface area contributed by atoms with Crippen LogP contribution < -0.4 is 0 Å². The van der Waals surface area contributed by atoms with E-state index in [-0.39, 0.29) is 0 Å². The molecule has 0 radical (unpaired) electrons. The number of benzene rings is 1. The Morgan fingerprint density at radius 1 is 1.12 bits per heavy atom. The maximum Gasteiger partial charge on any atom is 0.133 e. The Labute approximate surface area is 130 Å². The first-order chi connectivity index (χ1) is 7.90. The molecular formula is C12H18I2N2O. The lowest BCUT2D eigenvalue weighted by Gasteiger charge is -2.20. The van der Waals surface area contributed by atoms with E-state index in [4.69, 9.17) is 0 Å². The molecule has 0 amide bonds. The van der Waals surface area contributed by atoms with E-state index in [1.807, 2.05) is 12.1 Å². The zero-order chi connectivity index (χ0) is 13.0. The summed E-state index contributed by atoms with van der Waals surface area (Å²) in [5, 5.41) is 10.0. The zero-order valence-corrected chi connectivity index (χ0v) is 14.7. The van der Waals surface area contributed by atoms with Gasteiger partial charge in [0.05, 0.1) is 3.57 Å². The summed E-state index contributed by atoms with van der Waals surface area (Å²) in [4.78, 5) is 4.38. The average molecular weight is 460 g/mol. The Hall–Kier alpha value is 0.400. The molecule has 0 aliphatic carbocycles. The van der Waals surface area contributed by atoms with Gasteiger partial charge in [-0.15, -0.1) is 0 Å². The molecule has 5 heteroatoms. The van der Waals surface area contributed by atoms with Gasteiger partial charge in [0.25, 0.3) is 0 Å². The van der Waals surface area contributed by atoms with E-state index in [0.29, 0.717) is 5.75 Å². The molecule has 0 aromatic heterocycles. The van der Waals surface area contributed by atoms with Crippen molar-refractivity contribution in [3.05, 3.63) is 24.8 Å². The molecule has 0 bridgehead atoms. The van der Waals surface area contributed by atoms with Crippen LogP contribution in [-0.4, -0.2) is 49.1 Å². The number of nitrogens with zero attached hydrogens (tertiary/aromatic N) is 2. The van der Waals surface area contributed by atoms with Crippen LogP contribution in [-0.2, 0) is 6.54 Å². The largest absolute Gasteiger partial charge is 0.507 e. The summed E-state index contributed by atoms with van der Waals surface area (Å²) < 4.78 is 2.09. The van der Waals surface area contributed by atoms with Crippen LogP contribution in [0.25, 0.3) is 0 Å². The Bertz CT molecular complexity index is 383. The standard InChI is InChI=1S/C12H18I2N2O/c1-15(2)4-5-16(3)8-9-6-10(13)7-11(14)12(9)17/h6-7,17H,4-5,8H2,1-3H3. The zero-order valence-electron chi connectivity index (χ0n) is 10.4. The molecule has 0 unspecified atom stereocenters. The number of phenolic OH excluding ortho intramolecular Hbond substituents is 1.